The van der Waals surface area contributed by atoms with E-state index in [2.05, 4.69) is 18.6 Å². The molecule has 23 heavy (non-hydrogen) atoms. The summed E-state index contributed by atoms with van der Waals surface area (Å²) in [5, 5.41) is 0. The molecule has 0 aliphatic heterocycles. The molecule has 0 radical (unpaired) electrons. The first-order chi connectivity index (χ1) is 10.6. The van der Waals surface area contributed by atoms with E-state index in [1.807, 2.05) is 32.0 Å². The molecule has 1 aromatic rings. The molecule has 1 aromatic carbocycles. The maximum atomic E-state index is 12.7. The van der Waals surface area contributed by atoms with E-state index in [-0.39, 0.29) is 17.0 Å². The van der Waals surface area contributed by atoms with Crippen molar-refractivity contribution in [2.45, 2.75) is 47.0 Å². The van der Waals surface area contributed by atoms with Gasteiger partial charge in [0.25, 0.3) is 0 Å². The summed E-state index contributed by atoms with van der Waals surface area (Å²) >= 11 is 0. The van der Waals surface area contributed by atoms with Gasteiger partial charge in [-0.05, 0) is 61.3 Å². The second-order valence-corrected chi connectivity index (χ2v) is 9.63. The minimum absolute atomic E-state index is 0.102. The fourth-order valence-corrected chi connectivity index (χ4v) is 6.56. The highest BCUT2D eigenvalue weighted by Gasteiger charge is 2.65. The summed E-state index contributed by atoms with van der Waals surface area (Å²) in [5.41, 5.74) is 1.65. The molecule has 0 saturated heterocycles. The normalized spacial score (nSPS) is 29.0. The third kappa shape index (κ3) is 2.59. The predicted molar refractivity (Wildman–Crippen MR) is 91.9 cm³/mol. The van der Waals surface area contributed by atoms with Gasteiger partial charge in [0.1, 0.15) is 5.78 Å². The van der Waals surface area contributed by atoms with Gasteiger partial charge < -0.3 is 0 Å². The van der Waals surface area contributed by atoms with Crippen LogP contribution in [0.3, 0.4) is 0 Å². The average Bonchev–Trinajstić information content (AvgIpc) is 2.70. The topological polar surface area (TPSA) is 63.2 Å². The highest BCUT2D eigenvalue weighted by molar-refractivity contribution is 7.92. The molecule has 0 amide bonds. The molecule has 0 unspecified atom stereocenters. The van der Waals surface area contributed by atoms with Crippen LogP contribution in [-0.2, 0) is 14.8 Å². The molecule has 0 spiro atoms. The number of hydrogen-bond donors (Lipinski definition) is 1. The van der Waals surface area contributed by atoms with Crippen LogP contribution in [0, 0.1) is 30.6 Å². The molecular weight excluding hydrogens is 310 g/mol. The smallest absolute Gasteiger partial charge is 0.233 e. The Labute approximate surface area is 138 Å². The van der Waals surface area contributed by atoms with Gasteiger partial charge in [-0.2, -0.15) is 0 Å². The van der Waals surface area contributed by atoms with Crippen molar-refractivity contribution in [3.63, 3.8) is 0 Å². The number of sulfonamides is 1. The van der Waals surface area contributed by atoms with E-state index < -0.39 is 15.4 Å². The molecule has 2 atom stereocenters. The fraction of sp³-hybridized carbons (Fsp3) is 0.611. The zero-order valence-corrected chi connectivity index (χ0v) is 15.1. The van der Waals surface area contributed by atoms with Gasteiger partial charge in [-0.3, -0.25) is 9.52 Å². The van der Waals surface area contributed by atoms with Crippen LogP contribution in [-0.4, -0.2) is 20.0 Å². The highest BCUT2D eigenvalue weighted by Crippen LogP contribution is 2.64. The van der Waals surface area contributed by atoms with Crippen LogP contribution >= 0.6 is 0 Å². The van der Waals surface area contributed by atoms with Crippen molar-refractivity contribution in [2.24, 2.45) is 16.7 Å². The van der Waals surface area contributed by atoms with E-state index in [0.29, 0.717) is 24.4 Å². The van der Waals surface area contributed by atoms with E-state index in [1.165, 1.54) is 0 Å². The summed E-state index contributed by atoms with van der Waals surface area (Å²) in [6.07, 6.45) is 2.18. The van der Waals surface area contributed by atoms with Crippen LogP contribution in [0.1, 0.15) is 44.2 Å². The Kier molecular flexibility index (Phi) is 3.63. The quantitative estimate of drug-likeness (QED) is 0.917. The lowest BCUT2D eigenvalue weighted by molar-refractivity contribution is -0.128. The summed E-state index contributed by atoms with van der Waals surface area (Å²) in [4.78, 5) is 12.5. The molecule has 0 heterocycles. The second kappa shape index (κ2) is 5.07. The number of Topliss-reactive ketones (excluding diaryl/α,β-unsaturated/α-hetero) is 1. The molecular formula is C18H25NO3S. The first-order valence-electron chi connectivity index (χ1n) is 8.18. The molecule has 3 rings (SSSR count). The van der Waals surface area contributed by atoms with Crippen LogP contribution in [0.15, 0.2) is 18.2 Å². The zero-order valence-electron chi connectivity index (χ0n) is 14.3. The maximum Gasteiger partial charge on any atom is 0.233 e. The zero-order chi connectivity index (χ0) is 17.0. The number of anilines is 1. The van der Waals surface area contributed by atoms with E-state index in [4.69, 9.17) is 0 Å². The average molecular weight is 335 g/mol. The number of ketones is 1. The van der Waals surface area contributed by atoms with Gasteiger partial charge in [0.15, 0.2) is 0 Å². The van der Waals surface area contributed by atoms with Crippen molar-refractivity contribution >= 4 is 21.5 Å². The summed E-state index contributed by atoms with van der Waals surface area (Å²) in [7, 11) is -3.57. The van der Waals surface area contributed by atoms with Crippen molar-refractivity contribution in [3.8, 4) is 0 Å². The SMILES string of the molecule is Cc1cc(C)cc(NS(=O)(=O)C[C@]23CC[C@H](CC2=O)C3(C)C)c1. The van der Waals surface area contributed by atoms with E-state index in [9.17, 15) is 13.2 Å². The van der Waals surface area contributed by atoms with E-state index >= 15 is 0 Å². The lowest BCUT2D eigenvalue weighted by atomic mass is 9.70. The number of fused-ring (bicyclic) bond motifs is 2. The van der Waals surface area contributed by atoms with Crippen LogP contribution in [0.5, 0.6) is 0 Å². The monoisotopic (exact) mass is 335 g/mol. The highest BCUT2D eigenvalue weighted by atomic mass is 32.2. The molecule has 1 N–H and O–H groups in total. The molecule has 4 nitrogen and oxygen atoms in total. The van der Waals surface area contributed by atoms with Crippen molar-refractivity contribution in [1.82, 2.24) is 0 Å². The van der Waals surface area contributed by atoms with Crippen molar-refractivity contribution in [2.75, 3.05) is 10.5 Å². The molecule has 2 bridgehead atoms. The van der Waals surface area contributed by atoms with Crippen molar-refractivity contribution in [1.29, 1.82) is 0 Å². The van der Waals surface area contributed by atoms with Crippen LogP contribution in [0.2, 0.25) is 0 Å². The van der Waals surface area contributed by atoms with Crippen LogP contribution in [0.4, 0.5) is 5.69 Å². The first-order valence-corrected chi connectivity index (χ1v) is 9.83. The molecule has 2 fully saturated rings. The standard InChI is InChI=1S/C18H25NO3S/c1-12-7-13(2)9-15(8-12)19-23(21,22)11-18-6-5-14(10-16(18)20)17(18,3)4/h7-9,14,19H,5-6,10-11H2,1-4H3/t14-,18-/m1/s1. The number of carbonyl (C=O) groups is 1. The maximum absolute atomic E-state index is 12.7. The van der Waals surface area contributed by atoms with Gasteiger partial charge in [-0.1, -0.05) is 19.9 Å². The number of aryl methyl sites for hydroxylation is 2. The third-order valence-corrected chi connectivity index (χ3v) is 7.49. The lowest BCUT2D eigenvalue weighted by Gasteiger charge is -2.36. The van der Waals surface area contributed by atoms with Gasteiger partial charge in [0.05, 0.1) is 11.2 Å². The van der Waals surface area contributed by atoms with Gasteiger partial charge in [0.2, 0.25) is 10.0 Å². The Morgan fingerprint density at radius 3 is 2.26 bits per heavy atom. The Morgan fingerprint density at radius 1 is 1.17 bits per heavy atom. The van der Waals surface area contributed by atoms with Gasteiger partial charge in [0, 0.05) is 12.1 Å². The number of hydrogen-bond acceptors (Lipinski definition) is 3. The van der Waals surface area contributed by atoms with Gasteiger partial charge >= 0.3 is 0 Å². The lowest BCUT2D eigenvalue weighted by Crippen LogP contribution is -2.43. The minimum atomic E-state index is -3.57. The van der Waals surface area contributed by atoms with Crippen molar-refractivity contribution in [3.05, 3.63) is 29.3 Å². The van der Waals surface area contributed by atoms with Gasteiger partial charge in [-0.15, -0.1) is 0 Å². The molecule has 2 aliphatic rings. The fourth-order valence-electron chi connectivity index (χ4n) is 4.68. The van der Waals surface area contributed by atoms with Crippen LogP contribution in [0.25, 0.3) is 0 Å². The number of nitrogens with one attached hydrogen (secondary N) is 1. The van der Waals surface area contributed by atoms with Gasteiger partial charge in [-0.25, -0.2) is 8.42 Å². The molecule has 5 heteroatoms. The van der Waals surface area contributed by atoms with E-state index in [0.717, 1.165) is 17.5 Å². The number of carbonyl (C=O) groups excluding carboxylic acids is 1. The van der Waals surface area contributed by atoms with E-state index in [1.54, 1.807) is 0 Å². The predicted octanol–water partition coefficient (Wildman–Crippen LogP) is 3.44. The Balaban J connectivity index is 1.88. The minimum Gasteiger partial charge on any atom is -0.299 e. The summed E-state index contributed by atoms with van der Waals surface area (Å²) < 4.78 is 28.1. The Hall–Kier alpha value is -1.36. The summed E-state index contributed by atoms with van der Waals surface area (Å²) in [6.45, 7) is 7.99. The molecule has 126 valence electrons. The molecule has 2 aliphatic carbocycles. The number of benzene rings is 1. The number of rotatable bonds is 4. The molecule has 2 saturated carbocycles. The summed E-state index contributed by atoms with van der Waals surface area (Å²) in [5.74, 6) is 0.353. The third-order valence-electron chi connectivity index (χ3n) is 6.07. The largest absolute Gasteiger partial charge is 0.299 e. The van der Waals surface area contributed by atoms with Crippen LogP contribution < -0.4 is 4.72 Å². The Morgan fingerprint density at radius 2 is 1.78 bits per heavy atom. The first kappa shape index (κ1) is 16.5. The molecule has 0 aromatic heterocycles. The second-order valence-electron chi connectivity index (χ2n) is 7.90. The Bertz CT molecular complexity index is 746. The summed E-state index contributed by atoms with van der Waals surface area (Å²) in [6, 6.07) is 5.64. The van der Waals surface area contributed by atoms with Crippen molar-refractivity contribution < 1.29 is 13.2 Å².